The minimum Gasteiger partial charge on any atom is -0.494 e. The summed E-state index contributed by atoms with van der Waals surface area (Å²) in [5.74, 6) is -1.14. The van der Waals surface area contributed by atoms with E-state index in [2.05, 4.69) is 10.6 Å². The van der Waals surface area contributed by atoms with E-state index in [1.54, 1.807) is 24.3 Å². The van der Waals surface area contributed by atoms with E-state index in [9.17, 15) is 14.4 Å². The van der Waals surface area contributed by atoms with E-state index in [0.717, 1.165) is 0 Å². The van der Waals surface area contributed by atoms with Gasteiger partial charge >= 0.3 is 5.97 Å². The van der Waals surface area contributed by atoms with Crippen LogP contribution in [0, 0.1) is 0 Å². The second-order valence-electron chi connectivity index (χ2n) is 4.13. The highest BCUT2D eigenvalue weighted by molar-refractivity contribution is 5.96. The predicted octanol–water partition coefficient (Wildman–Crippen LogP) is 0.406. The number of carboxylic acid groups (broad SMARTS) is 1. The Kier molecular flexibility index (Phi) is 6.73. The molecule has 0 bridgehead atoms. The van der Waals surface area contributed by atoms with Crippen LogP contribution in [0.15, 0.2) is 24.3 Å². The number of carbonyl (C=O) groups is 3. The molecule has 0 heterocycles. The van der Waals surface area contributed by atoms with Gasteiger partial charge in [-0.1, -0.05) is 0 Å². The fourth-order valence-corrected chi connectivity index (χ4v) is 1.50. The van der Waals surface area contributed by atoms with E-state index < -0.39 is 11.9 Å². The molecule has 7 heteroatoms. The molecule has 0 aliphatic carbocycles. The average Bonchev–Trinajstić information content (AvgIpc) is 2.45. The number of rotatable bonds is 8. The van der Waals surface area contributed by atoms with Gasteiger partial charge in [0.25, 0.3) is 5.91 Å². The molecule has 0 aliphatic heterocycles. The van der Waals surface area contributed by atoms with Crippen molar-refractivity contribution in [1.29, 1.82) is 0 Å². The Morgan fingerprint density at radius 1 is 1.14 bits per heavy atom. The van der Waals surface area contributed by atoms with Gasteiger partial charge in [0, 0.05) is 12.1 Å². The quantitative estimate of drug-likeness (QED) is 0.644. The zero-order valence-corrected chi connectivity index (χ0v) is 11.7. The van der Waals surface area contributed by atoms with Crippen molar-refractivity contribution in [2.24, 2.45) is 0 Å². The van der Waals surface area contributed by atoms with Crippen molar-refractivity contribution in [3.63, 3.8) is 0 Å². The van der Waals surface area contributed by atoms with E-state index in [0.29, 0.717) is 17.9 Å². The second-order valence-corrected chi connectivity index (χ2v) is 4.13. The first-order chi connectivity index (χ1) is 10.0. The molecule has 1 aromatic carbocycles. The molecule has 1 aromatic rings. The number of ether oxygens (including phenoxy) is 1. The maximum atomic E-state index is 11.8. The largest absolute Gasteiger partial charge is 0.494 e. The number of aliphatic carboxylic acids is 1. The highest BCUT2D eigenvalue weighted by Crippen LogP contribution is 2.11. The van der Waals surface area contributed by atoms with E-state index in [-0.39, 0.29) is 25.4 Å². The molecule has 0 unspecified atom stereocenters. The highest BCUT2D eigenvalue weighted by Gasteiger charge is 2.08. The summed E-state index contributed by atoms with van der Waals surface area (Å²) in [5, 5.41) is 13.3. The molecule has 2 amide bonds. The lowest BCUT2D eigenvalue weighted by Gasteiger charge is -2.07. The highest BCUT2D eigenvalue weighted by atomic mass is 16.5. The molecule has 21 heavy (non-hydrogen) atoms. The number of amides is 2. The molecule has 0 spiro atoms. The van der Waals surface area contributed by atoms with Crippen LogP contribution in [0.3, 0.4) is 0 Å². The number of carbonyl (C=O) groups excluding carboxylic acids is 2. The van der Waals surface area contributed by atoms with Crippen molar-refractivity contribution in [2.45, 2.75) is 13.3 Å². The summed E-state index contributed by atoms with van der Waals surface area (Å²) in [4.78, 5) is 33.4. The maximum absolute atomic E-state index is 11.8. The van der Waals surface area contributed by atoms with Crippen LogP contribution in [-0.4, -0.2) is 42.6 Å². The number of hydrogen-bond donors (Lipinski definition) is 3. The predicted molar refractivity (Wildman–Crippen MR) is 75.2 cm³/mol. The third kappa shape index (κ3) is 6.42. The van der Waals surface area contributed by atoms with Gasteiger partial charge in [-0.3, -0.25) is 14.4 Å². The topological polar surface area (TPSA) is 105 Å². The van der Waals surface area contributed by atoms with Crippen LogP contribution in [0.5, 0.6) is 5.75 Å². The lowest BCUT2D eigenvalue weighted by atomic mass is 10.2. The zero-order valence-electron chi connectivity index (χ0n) is 11.7. The first-order valence-corrected chi connectivity index (χ1v) is 6.52. The van der Waals surface area contributed by atoms with Crippen molar-refractivity contribution in [3.8, 4) is 5.75 Å². The van der Waals surface area contributed by atoms with Gasteiger partial charge in [-0.15, -0.1) is 0 Å². The molecule has 0 saturated heterocycles. The van der Waals surface area contributed by atoms with Gasteiger partial charge in [-0.25, -0.2) is 0 Å². The lowest BCUT2D eigenvalue weighted by Crippen LogP contribution is -2.37. The standard InChI is InChI=1S/C14H18N2O5/c1-2-21-11-5-3-10(4-6-11)14(20)16-9-12(17)15-8-7-13(18)19/h3-6H,2,7-9H2,1H3,(H,15,17)(H,16,20)(H,18,19). The van der Waals surface area contributed by atoms with E-state index in [1.807, 2.05) is 6.92 Å². The Hall–Kier alpha value is -2.57. The summed E-state index contributed by atoms with van der Waals surface area (Å²) in [6, 6.07) is 6.54. The first-order valence-electron chi connectivity index (χ1n) is 6.52. The van der Waals surface area contributed by atoms with Gasteiger partial charge < -0.3 is 20.5 Å². The molecular formula is C14H18N2O5. The van der Waals surface area contributed by atoms with Crippen LogP contribution < -0.4 is 15.4 Å². The number of nitrogens with one attached hydrogen (secondary N) is 2. The molecule has 1 rings (SSSR count). The summed E-state index contributed by atoms with van der Waals surface area (Å²) in [5.41, 5.74) is 0.414. The average molecular weight is 294 g/mol. The summed E-state index contributed by atoms with van der Waals surface area (Å²) in [7, 11) is 0. The van der Waals surface area contributed by atoms with Gasteiger partial charge in [0.05, 0.1) is 19.6 Å². The van der Waals surface area contributed by atoms with Crippen LogP contribution >= 0.6 is 0 Å². The monoisotopic (exact) mass is 294 g/mol. The van der Waals surface area contributed by atoms with Crippen molar-refractivity contribution in [3.05, 3.63) is 29.8 Å². The van der Waals surface area contributed by atoms with E-state index in [1.165, 1.54) is 0 Å². The van der Waals surface area contributed by atoms with Crippen LogP contribution in [0.4, 0.5) is 0 Å². The fraction of sp³-hybridized carbons (Fsp3) is 0.357. The second kappa shape index (κ2) is 8.57. The SMILES string of the molecule is CCOc1ccc(C(=O)NCC(=O)NCCC(=O)O)cc1. The van der Waals surface area contributed by atoms with Crippen LogP contribution in [0.1, 0.15) is 23.7 Å². The van der Waals surface area contributed by atoms with E-state index in [4.69, 9.17) is 9.84 Å². The summed E-state index contributed by atoms with van der Waals surface area (Å²) in [6.45, 7) is 2.24. The molecular weight excluding hydrogens is 276 g/mol. The minimum atomic E-state index is -0.992. The summed E-state index contributed by atoms with van der Waals surface area (Å²) in [6.07, 6.45) is -0.154. The van der Waals surface area contributed by atoms with Gasteiger partial charge in [0.2, 0.25) is 5.91 Å². The molecule has 0 atom stereocenters. The van der Waals surface area contributed by atoms with E-state index >= 15 is 0 Å². The Balaban J connectivity index is 2.35. The summed E-state index contributed by atoms with van der Waals surface area (Å²) >= 11 is 0. The van der Waals surface area contributed by atoms with Crippen molar-refractivity contribution < 1.29 is 24.2 Å². The van der Waals surface area contributed by atoms with Crippen molar-refractivity contribution in [1.82, 2.24) is 10.6 Å². The Morgan fingerprint density at radius 3 is 2.38 bits per heavy atom. The zero-order chi connectivity index (χ0) is 15.7. The molecule has 114 valence electrons. The lowest BCUT2D eigenvalue weighted by molar-refractivity contribution is -0.136. The maximum Gasteiger partial charge on any atom is 0.305 e. The van der Waals surface area contributed by atoms with Gasteiger partial charge in [-0.2, -0.15) is 0 Å². The number of hydrogen-bond acceptors (Lipinski definition) is 4. The molecule has 0 fully saturated rings. The molecule has 0 saturated carbocycles. The first kappa shape index (κ1) is 16.5. The Labute approximate surface area is 122 Å². The molecule has 0 radical (unpaired) electrons. The van der Waals surface area contributed by atoms with Crippen molar-refractivity contribution in [2.75, 3.05) is 19.7 Å². The molecule has 3 N–H and O–H groups in total. The van der Waals surface area contributed by atoms with Gasteiger partial charge in [0.15, 0.2) is 0 Å². The van der Waals surface area contributed by atoms with Crippen LogP contribution in [0.2, 0.25) is 0 Å². The number of benzene rings is 1. The van der Waals surface area contributed by atoms with Crippen LogP contribution in [-0.2, 0) is 9.59 Å². The van der Waals surface area contributed by atoms with Crippen molar-refractivity contribution >= 4 is 17.8 Å². The number of carboxylic acids is 1. The third-order valence-corrected chi connectivity index (χ3v) is 2.50. The molecule has 0 aromatic heterocycles. The van der Waals surface area contributed by atoms with Crippen LogP contribution in [0.25, 0.3) is 0 Å². The summed E-state index contributed by atoms with van der Waals surface area (Å²) < 4.78 is 5.26. The normalized spacial score (nSPS) is 9.76. The fourth-order valence-electron chi connectivity index (χ4n) is 1.50. The molecule has 7 nitrogen and oxygen atoms in total. The smallest absolute Gasteiger partial charge is 0.305 e. The third-order valence-electron chi connectivity index (χ3n) is 2.50. The van der Waals surface area contributed by atoms with Gasteiger partial charge in [-0.05, 0) is 31.2 Å². The van der Waals surface area contributed by atoms with Gasteiger partial charge in [0.1, 0.15) is 5.75 Å². The molecule has 0 aliphatic rings. The Morgan fingerprint density at radius 2 is 1.81 bits per heavy atom. The minimum absolute atomic E-state index is 0.0348. The Bertz CT molecular complexity index is 499.